The zero-order valence-electron chi connectivity index (χ0n) is 16.7. The quantitative estimate of drug-likeness (QED) is 0.370. The summed E-state index contributed by atoms with van der Waals surface area (Å²) < 4.78 is 5.16. The van der Waals surface area contributed by atoms with Crippen molar-refractivity contribution in [2.45, 2.75) is 6.92 Å². The standard InChI is InChI=1S/C23H20N6O2/c1-16-10-11-24-20(13-16)29-22-14-21(25-15-26-22)27-17-4-6-18(7-5-17)28-23(30)9-8-19-3-2-12-31-19/h2-15H,1H3,(H,28,30)(H2,24,25,26,27,29)/b9-8+. The fourth-order valence-corrected chi connectivity index (χ4v) is 2.74. The lowest BCUT2D eigenvalue weighted by Crippen LogP contribution is -2.07. The number of aryl methyl sites for hydroxylation is 1. The molecule has 0 radical (unpaired) electrons. The first-order chi connectivity index (χ1) is 15.1. The summed E-state index contributed by atoms with van der Waals surface area (Å²) in [5.74, 6) is 2.34. The molecule has 0 aliphatic carbocycles. The topological polar surface area (TPSA) is 105 Å². The summed E-state index contributed by atoms with van der Waals surface area (Å²) in [7, 11) is 0. The van der Waals surface area contributed by atoms with Crippen molar-refractivity contribution in [1.82, 2.24) is 15.0 Å². The fourth-order valence-electron chi connectivity index (χ4n) is 2.74. The Labute approximate surface area is 179 Å². The Morgan fingerprint density at radius 3 is 2.39 bits per heavy atom. The van der Waals surface area contributed by atoms with Crippen molar-refractivity contribution >= 4 is 40.8 Å². The number of aromatic nitrogens is 3. The van der Waals surface area contributed by atoms with E-state index in [1.165, 1.54) is 12.4 Å². The van der Waals surface area contributed by atoms with Crippen LogP contribution in [0.5, 0.6) is 0 Å². The molecule has 8 nitrogen and oxygen atoms in total. The number of nitrogens with one attached hydrogen (secondary N) is 3. The van der Waals surface area contributed by atoms with Crippen LogP contribution in [0.4, 0.5) is 28.8 Å². The van der Waals surface area contributed by atoms with E-state index in [0.717, 1.165) is 11.3 Å². The third kappa shape index (κ3) is 5.77. The van der Waals surface area contributed by atoms with Crippen LogP contribution in [0.15, 0.2) is 83.9 Å². The highest BCUT2D eigenvalue weighted by Gasteiger charge is 2.03. The van der Waals surface area contributed by atoms with Gasteiger partial charge in [0, 0.05) is 29.7 Å². The minimum absolute atomic E-state index is 0.242. The Bertz CT molecular complexity index is 1190. The van der Waals surface area contributed by atoms with Gasteiger partial charge in [-0.2, -0.15) is 0 Å². The normalized spacial score (nSPS) is 10.7. The molecule has 0 bridgehead atoms. The number of benzene rings is 1. The summed E-state index contributed by atoms with van der Waals surface area (Å²) >= 11 is 0. The van der Waals surface area contributed by atoms with Crippen LogP contribution in [0.1, 0.15) is 11.3 Å². The van der Waals surface area contributed by atoms with E-state index in [-0.39, 0.29) is 5.91 Å². The Hall–Kier alpha value is -4.46. The second kappa shape index (κ2) is 9.36. The maximum absolute atomic E-state index is 12.0. The minimum Gasteiger partial charge on any atom is -0.465 e. The number of carbonyl (C=O) groups is 1. The smallest absolute Gasteiger partial charge is 0.248 e. The number of nitrogens with zero attached hydrogens (tertiary/aromatic N) is 3. The molecule has 31 heavy (non-hydrogen) atoms. The summed E-state index contributed by atoms with van der Waals surface area (Å²) in [5, 5.41) is 9.17. The zero-order valence-corrected chi connectivity index (χ0v) is 16.7. The molecular formula is C23H20N6O2. The Kier molecular flexibility index (Phi) is 5.99. The van der Waals surface area contributed by atoms with Gasteiger partial charge in [0.05, 0.1) is 6.26 Å². The van der Waals surface area contributed by atoms with Crippen molar-refractivity contribution in [3.8, 4) is 0 Å². The number of rotatable bonds is 7. The van der Waals surface area contributed by atoms with Crippen LogP contribution >= 0.6 is 0 Å². The SMILES string of the molecule is Cc1ccnc(Nc2cc(Nc3ccc(NC(=O)/C=C/c4ccco4)cc3)ncn2)c1. The maximum atomic E-state index is 12.0. The fraction of sp³-hybridized carbons (Fsp3) is 0.0435. The van der Waals surface area contributed by atoms with Crippen LogP contribution in [0, 0.1) is 6.92 Å². The van der Waals surface area contributed by atoms with Crippen molar-refractivity contribution in [2.24, 2.45) is 0 Å². The second-order valence-corrected chi connectivity index (χ2v) is 6.67. The van der Waals surface area contributed by atoms with Gasteiger partial charge in [0.15, 0.2) is 0 Å². The van der Waals surface area contributed by atoms with Crippen LogP contribution in [0.2, 0.25) is 0 Å². The van der Waals surface area contributed by atoms with Crippen LogP contribution in [-0.2, 0) is 4.79 Å². The predicted molar refractivity (Wildman–Crippen MR) is 120 cm³/mol. The molecule has 0 saturated heterocycles. The van der Waals surface area contributed by atoms with Gasteiger partial charge in [-0.05, 0) is 67.1 Å². The summed E-state index contributed by atoms with van der Waals surface area (Å²) in [6.07, 6.45) is 7.80. The van der Waals surface area contributed by atoms with Gasteiger partial charge in [0.25, 0.3) is 0 Å². The summed E-state index contributed by atoms with van der Waals surface area (Å²) in [4.78, 5) is 24.7. The van der Waals surface area contributed by atoms with Gasteiger partial charge in [-0.3, -0.25) is 4.79 Å². The lowest BCUT2D eigenvalue weighted by atomic mass is 10.2. The van der Waals surface area contributed by atoms with Crippen molar-refractivity contribution in [2.75, 3.05) is 16.0 Å². The summed E-state index contributed by atoms with van der Waals surface area (Å²) in [5.41, 5.74) is 2.60. The van der Waals surface area contributed by atoms with E-state index in [1.807, 2.05) is 31.2 Å². The van der Waals surface area contributed by atoms with Crippen LogP contribution in [0.25, 0.3) is 6.08 Å². The average molecular weight is 412 g/mol. The van der Waals surface area contributed by atoms with Gasteiger partial charge >= 0.3 is 0 Å². The molecular weight excluding hydrogens is 392 g/mol. The minimum atomic E-state index is -0.242. The number of hydrogen-bond donors (Lipinski definition) is 3. The third-order valence-electron chi connectivity index (χ3n) is 4.21. The molecule has 3 N–H and O–H groups in total. The molecule has 3 aromatic heterocycles. The first kappa shape index (κ1) is 19.8. The molecule has 4 aromatic rings. The molecule has 0 fully saturated rings. The Morgan fingerprint density at radius 1 is 0.903 bits per heavy atom. The number of amides is 1. The number of anilines is 5. The number of furan rings is 1. The highest BCUT2D eigenvalue weighted by atomic mass is 16.3. The van der Waals surface area contributed by atoms with Gasteiger partial charge in [-0.25, -0.2) is 15.0 Å². The first-order valence-corrected chi connectivity index (χ1v) is 9.55. The molecule has 0 atom stereocenters. The number of pyridine rings is 1. The predicted octanol–water partition coefficient (Wildman–Crippen LogP) is 4.91. The van der Waals surface area contributed by atoms with E-state index in [2.05, 4.69) is 30.9 Å². The molecule has 4 rings (SSSR count). The molecule has 154 valence electrons. The van der Waals surface area contributed by atoms with Crippen LogP contribution in [-0.4, -0.2) is 20.9 Å². The molecule has 0 aliphatic heterocycles. The molecule has 0 saturated carbocycles. The highest BCUT2D eigenvalue weighted by Crippen LogP contribution is 2.20. The monoisotopic (exact) mass is 412 g/mol. The van der Waals surface area contributed by atoms with Gasteiger partial charge in [0.1, 0.15) is 29.5 Å². The number of carbonyl (C=O) groups excluding carboxylic acids is 1. The van der Waals surface area contributed by atoms with Gasteiger partial charge in [-0.15, -0.1) is 0 Å². The van der Waals surface area contributed by atoms with E-state index in [9.17, 15) is 4.79 Å². The molecule has 1 amide bonds. The van der Waals surface area contributed by atoms with Crippen LogP contribution < -0.4 is 16.0 Å². The van der Waals surface area contributed by atoms with Crippen molar-refractivity contribution in [1.29, 1.82) is 0 Å². The van der Waals surface area contributed by atoms with Gasteiger partial charge < -0.3 is 20.4 Å². The molecule has 1 aromatic carbocycles. The van der Waals surface area contributed by atoms with E-state index in [0.29, 0.717) is 28.9 Å². The summed E-state index contributed by atoms with van der Waals surface area (Å²) in [6.45, 7) is 2.00. The van der Waals surface area contributed by atoms with Gasteiger partial charge in [-0.1, -0.05) is 0 Å². The summed E-state index contributed by atoms with van der Waals surface area (Å²) in [6, 6.07) is 16.5. The second-order valence-electron chi connectivity index (χ2n) is 6.67. The van der Waals surface area contributed by atoms with E-state index in [4.69, 9.17) is 4.42 Å². The third-order valence-corrected chi connectivity index (χ3v) is 4.21. The molecule has 3 heterocycles. The largest absolute Gasteiger partial charge is 0.465 e. The molecule has 8 heteroatoms. The zero-order chi connectivity index (χ0) is 21.5. The number of hydrogen-bond acceptors (Lipinski definition) is 7. The lowest BCUT2D eigenvalue weighted by molar-refractivity contribution is -0.111. The molecule has 0 aliphatic rings. The van der Waals surface area contributed by atoms with E-state index < -0.39 is 0 Å². The Morgan fingerprint density at radius 2 is 1.65 bits per heavy atom. The lowest BCUT2D eigenvalue weighted by Gasteiger charge is -2.09. The highest BCUT2D eigenvalue weighted by molar-refractivity contribution is 6.01. The first-order valence-electron chi connectivity index (χ1n) is 9.55. The van der Waals surface area contributed by atoms with Crippen LogP contribution in [0.3, 0.4) is 0 Å². The average Bonchev–Trinajstić information content (AvgIpc) is 3.28. The molecule has 0 unspecified atom stereocenters. The Balaban J connectivity index is 1.36. The van der Waals surface area contributed by atoms with E-state index in [1.54, 1.807) is 48.9 Å². The molecule has 0 spiro atoms. The van der Waals surface area contributed by atoms with Gasteiger partial charge in [0.2, 0.25) is 5.91 Å². The van der Waals surface area contributed by atoms with Crippen molar-refractivity contribution in [3.63, 3.8) is 0 Å². The van der Waals surface area contributed by atoms with Crippen molar-refractivity contribution in [3.05, 3.63) is 90.8 Å². The maximum Gasteiger partial charge on any atom is 0.248 e. The van der Waals surface area contributed by atoms with Crippen molar-refractivity contribution < 1.29 is 9.21 Å². The van der Waals surface area contributed by atoms with E-state index >= 15 is 0 Å².